The lowest BCUT2D eigenvalue weighted by Crippen LogP contribution is -2.41. The molecule has 0 aliphatic carbocycles. The first-order valence-electron chi connectivity index (χ1n) is 10.3. The standard InChI is InChI=1S/C21H29N3O5S2/c1-4-29-21-16(2)12-20(13-17(21)3)30(25,26)23-14-18-7-10-24(11-8-18)31(27,28)19-6-5-9-22-15-19/h5-6,9,12-13,15,18,23H,4,7-8,10-11,14H2,1-3H3. The van der Waals surface area contributed by atoms with Crippen LogP contribution in [0, 0.1) is 19.8 Å². The lowest BCUT2D eigenvalue weighted by Gasteiger charge is -2.31. The van der Waals surface area contributed by atoms with Gasteiger partial charge in [0.05, 0.1) is 11.5 Å². The van der Waals surface area contributed by atoms with Gasteiger partial charge in [0.15, 0.2) is 0 Å². The first-order chi connectivity index (χ1) is 14.6. The molecular formula is C21H29N3O5S2. The van der Waals surface area contributed by atoms with Gasteiger partial charge in [-0.3, -0.25) is 4.98 Å². The fraction of sp³-hybridized carbons (Fsp3) is 0.476. The molecule has 0 amide bonds. The van der Waals surface area contributed by atoms with Gasteiger partial charge in [-0.25, -0.2) is 21.6 Å². The maximum atomic E-state index is 12.8. The van der Waals surface area contributed by atoms with Crippen molar-refractivity contribution in [3.05, 3.63) is 47.8 Å². The van der Waals surface area contributed by atoms with E-state index in [0.717, 1.165) is 11.1 Å². The van der Waals surface area contributed by atoms with Gasteiger partial charge in [0.1, 0.15) is 10.6 Å². The third-order valence-corrected chi connectivity index (χ3v) is 8.73. The number of pyridine rings is 1. The Morgan fingerprint density at radius 2 is 1.74 bits per heavy atom. The zero-order chi connectivity index (χ0) is 22.6. The Morgan fingerprint density at radius 3 is 2.29 bits per heavy atom. The topological polar surface area (TPSA) is 106 Å². The van der Waals surface area contributed by atoms with E-state index in [2.05, 4.69) is 9.71 Å². The molecule has 1 aliphatic heterocycles. The van der Waals surface area contributed by atoms with Crippen molar-refractivity contribution in [1.29, 1.82) is 0 Å². The average Bonchev–Trinajstić information content (AvgIpc) is 2.75. The summed E-state index contributed by atoms with van der Waals surface area (Å²) in [7, 11) is -7.24. The molecule has 2 aromatic rings. The smallest absolute Gasteiger partial charge is 0.244 e. The van der Waals surface area contributed by atoms with Gasteiger partial charge in [-0.2, -0.15) is 4.31 Å². The minimum absolute atomic E-state index is 0.0695. The molecule has 1 aromatic carbocycles. The summed E-state index contributed by atoms with van der Waals surface area (Å²) in [5.41, 5.74) is 1.55. The van der Waals surface area contributed by atoms with Gasteiger partial charge in [-0.15, -0.1) is 0 Å². The van der Waals surface area contributed by atoms with E-state index in [9.17, 15) is 16.8 Å². The van der Waals surface area contributed by atoms with Crippen molar-refractivity contribution in [3.8, 4) is 5.75 Å². The molecule has 0 spiro atoms. The zero-order valence-corrected chi connectivity index (χ0v) is 19.7. The number of aromatic nitrogens is 1. The van der Waals surface area contributed by atoms with Gasteiger partial charge in [-0.05, 0) is 74.9 Å². The summed E-state index contributed by atoms with van der Waals surface area (Å²) < 4.78 is 60.7. The van der Waals surface area contributed by atoms with Crippen molar-refractivity contribution < 1.29 is 21.6 Å². The van der Waals surface area contributed by atoms with Crippen LogP contribution in [0.3, 0.4) is 0 Å². The van der Waals surface area contributed by atoms with Crippen LogP contribution in [-0.2, 0) is 20.0 Å². The molecule has 1 aromatic heterocycles. The molecule has 10 heteroatoms. The summed E-state index contributed by atoms with van der Waals surface area (Å²) in [5.74, 6) is 0.781. The maximum absolute atomic E-state index is 12.8. The van der Waals surface area contributed by atoms with Gasteiger partial charge in [0.2, 0.25) is 20.0 Å². The predicted octanol–water partition coefficient (Wildman–Crippen LogP) is 2.48. The Balaban J connectivity index is 1.60. The van der Waals surface area contributed by atoms with Crippen LogP contribution in [-0.4, -0.2) is 52.4 Å². The number of sulfonamides is 2. The second-order valence-corrected chi connectivity index (χ2v) is 11.4. The SMILES string of the molecule is CCOc1c(C)cc(S(=O)(=O)NCC2CCN(S(=O)(=O)c3cccnc3)CC2)cc1C. The Hall–Kier alpha value is -2.01. The quantitative estimate of drug-likeness (QED) is 0.639. The van der Waals surface area contributed by atoms with Gasteiger partial charge >= 0.3 is 0 Å². The van der Waals surface area contributed by atoms with E-state index in [1.54, 1.807) is 18.2 Å². The fourth-order valence-corrected chi connectivity index (χ4v) is 6.47. The Morgan fingerprint density at radius 1 is 1.10 bits per heavy atom. The van der Waals surface area contributed by atoms with Gasteiger partial charge in [-0.1, -0.05) is 0 Å². The second-order valence-electron chi connectivity index (χ2n) is 7.71. The van der Waals surface area contributed by atoms with Crippen LogP contribution in [0.1, 0.15) is 30.9 Å². The molecule has 1 aliphatic rings. The average molecular weight is 468 g/mol. The number of hydrogen-bond donors (Lipinski definition) is 1. The summed E-state index contributed by atoms with van der Waals surface area (Å²) in [6.45, 7) is 7.04. The van der Waals surface area contributed by atoms with Gasteiger partial charge in [0.25, 0.3) is 0 Å². The van der Waals surface area contributed by atoms with E-state index >= 15 is 0 Å². The normalized spacial score (nSPS) is 16.4. The highest BCUT2D eigenvalue weighted by atomic mass is 32.2. The van der Waals surface area contributed by atoms with Crippen LogP contribution in [0.4, 0.5) is 0 Å². The third-order valence-electron chi connectivity index (χ3n) is 5.44. The number of nitrogens with one attached hydrogen (secondary N) is 1. The van der Waals surface area contributed by atoms with Crippen molar-refractivity contribution in [2.75, 3.05) is 26.2 Å². The summed E-state index contributed by atoms with van der Waals surface area (Å²) in [6.07, 6.45) is 4.05. The molecule has 2 heterocycles. The molecule has 170 valence electrons. The first-order valence-corrected chi connectivity index (χ1v) is 13.2. The third kappa shape index (κ3) is 5.43. The van der Waals surface area contributed by atoms with E-state index in [1.165, 1.54) is 22.8 Å². The van der Waals surface area contributed by atoms with E-state index in [1.807, 2.05) is 20.8 Å². The highest BCUT2D eigenvalue weighted by Crippen LogP contribution is 2.27. The van der Waals surface area contributed by atoms with E-state index in [4.69, 9.17) is 4.74 Å². The summed E-state index contributed by atoms with van der Waals surface area (Å²) in [6, 6.07) is 6.36. The molecule has 8 nitrogen and oxygen atoms in total. The molecule has 1 saturated heterocycles. The molecule has 1 N–H and O–H groups in total. The lowest BCUT2D eigenvalue weighted by molar-refractivity contribution is 0.274. The Kier molecular flexibility index (Phi) is 7.35. The minimum Gasteiger partial charge on any atom is -0.493 e. The summed E-state index contributed by atoms with van der Waals surface area (Å²) in [5, 5.41) is 0. The molecule has 3 rings (SSSR count). The fourth-order valence-electron chi connectivity index (χ4n) is 3.75. The monoisotopic (exact) mass is 467 g/mol. The molecule has 0 bridgehead atoms. The maximum Gasteiger partial charge on any atom is 0.244 e. The molecular weight excluding hydrogens is 438 g/mol. The van der Waals surface area contributed by atoms with Crippen LogP contribution in [0.2, 0.25) is 0 Å². The van der Waals surface area contributed by atoms with Crippen LogP contribution in [0.15, 0.2) is 46.5 Å². The van der Waals surface area contributed by atoms with Crippen LogP contribution >= 0.6 is 0 Å². The van der Waals surface area contributed by atoms with Crippen molar-refractivity contribution >= 4 is 20.0 Å². The van der Waals surface area contributed by atoms with Crippen LogP contribution in [0.5, 0.6) is 5.75 Å². The second kappa shape index (κ2) is 9.64. The van der Waals surface area contributed by atoms with Crippen LogP contribution < -0.4 is 9.46 Å². The van der Waals surface area contributed by atoms with Gasteiger partial charge in [0, 0.05) is 32.0 Å². The number of benzene rings is 1. The molecule has 0 atom stereocenters. The molecule has 0 unspecified atom stereocenters. The predicted molar refractivity (Wildman–Crippen MR) is 118 cm³/mol. The summed E-state index contributed by atoms with van der Waals surface area (Å²) >= 11 is 0. The van der Waals surface area contributed by atoms with Crippen molar-refractivity contribution in [3.63, 3.8) is 0 Å². The first kappa shape index (κ1) is 23.6. The number of rotatable bonds is 8. The Bertz CT molecular complexity index is 1090. The largest absolute Gasteiger partial charge is 0.493 e. The molecule has 31 heavy (non-hydrogen) atoms. The lowest BCUT2D eigenvalue weighted by atomic mass is 9.99. The van der Waals surface area contributed by atoms with E-state index < -0.39 is 20.0 Å². The van der Waals surface area contributed by atoms with Crippen molar-refractivity contribution in [2.45, 2.75) is 43.4 Å². The Labute approximate surface area is 184 Å². The van der Waals surface area contributed by atoms with E-state index in [-0.39, 0.29) is 22.3 Å². The number of ether oxygens (including phenoxy) is 1. The van der Waals surface area contributed by atoms with Gasteiger partial charge < -0.3 is 4.74 Å². The van der Waals surface area contributed by atoms with Crippen LogP contribution in [0.25, 0.3) is 0 Å². The summed E-state index contributed by atoms with van der Waals surface area (Å²) in [4.78, 5) is 4.27. The van der Waals surface area contributed by atoms with Crippen molar-refractivity contribution in [1.82, 2.24) is 14.0 Å². The molecule has 1 fully saturated rings. The number of piperidine rings is 1. The highest BCUT2D eigenvalue weighted by Gasteiger charge is 2.30. The highest BCUT2D eigenvalue weighted by molar-refractivity contribution is 7.89. The minimum atomic E-state index is -3.67. The van der Waals surface area contributed by atoms with Crippen molar-refractivity contribution in [2.24, 2.45) is 5.92 Å². The molecule has 0 radical (unpaired) electrons. The van der Waals surface area contributed by atoms with E-state index in [0.29, 0.717) is 38.3 Å². The number of aryl methyl sites for hydroxylation is 2. The number of nitrogens with zero attached hydrogens (tertiary/aromatic N) is 2. The molecule has 0 saturated carbocycles. The zero-order valence-electron chi connectivity index (χ0n) is 18.0. The number of hydrogen-bond acceptors (Lipinski definition) is 6.